The Labute approximate surface area is 110 Å². The lowest BCUT2D eigenvalue weighted by atomic mass is 9.98. The Hall–Kier alpha value is -0.670. The van der Waals surface area contributed by atoms with Crippen molar-refractivity contribution in [2.24, 2.45) is 11.8 Å². The van der Waals surface area contributed by atoms with Gasteiger partial charge in [0.2, 0.25) is 0 Å². The predicted molar refractivity (Wildman–Crippen MR) is 71.0 cm³/mol. The van der Waals surface area contributed by atoms with Crippen molar-refractivity contribution >= 4 is 21.7 Å². The number of Topliss-reactive ketones (excluding diaryl/α,β-unsaturated/α-hetero) is 1. The number of hydrogen-bond donors (Lipinski definition) is 0. The molecule has 17 heavy (non-hydrogen) atoms. The second-order valence-electron chi connectivity index (χ2n) is 5.18. The molecule has 1 heterocycles. The molecule has 0 amide bonds. The van der Waals surface area contributed by atoms with Gasteiger partial charge in [-0.3, -0.25) is 9.69 Å². The Balaban J connectivity index is 1.70. The van der Waals surface area contributed by atoms with Gasteiger partial charge in [0.25, 0.3) is 0 Å². The number of alkyl halides is 1. The minimum absolute atomic E-state index is 0.105. The van der Waals surface area contributed by atoms with Crippen LogP contribution in [0.1, 0.15) is 12.0 Å². The number of halogens is 1. The molecule has 2 aliphatic rings. The van der Waals surface area contributed by atoms with Gasteiger partial charge < -0.3 is 0 Å². The minimum Gasteiger partial charge on any atom is -0.298 e. The van der Waals surface area contributed by atoms with Crippen molar-refractivity contribution in [1.29, 1.82) is 0 Å². The number of hydrogen-bond acceptors (Lipinski definition) is 2. The third-order valence-electron chi connectivity index (χ3n) is 3.90. The molecule has 2 nitrogen and oxygen atoms in total. The summed E-state index contributed by atoms with van der Waals surface area (Å²) < 4.78 is 0. The lowest BCUT2D eigenvalue weighted by molar-refractivity contribution is -0.120. The fourth-order valence-electron chi connectivity index (χ4n) is 3.08. The van der Waals surface area contributed by atoms with Crippen molar-refractivity contribution in [3.05, 3.63) is 35.9 Å². The molecule has 0 N–H and O–H groups in total. The molecule has 1 aliphatic heterocycles. The van der Waals surface area contributed by atoms with Crippen molar-refractivity contribution in [3.63, 3.8) is 0 Å². The van der Waals surface area contributed by atoms with Gasteiger partial charge in [-0.15, -0.1) is 0 Å². The molecule has 1 saturated heterocycles. The van der Waals surface area contributed by atoms with E-state index in [1.165, 1.54) is 5.56 Å². The van der Waals surface area contributed by atoms with E-state index in [9.17, 15) is 4.79 Å². The van der Waals surface area contributed by atoms with E-state index in [0.29, 0.717) is 11.7 Å². The molecule has 2 bridgehead atoms. The zero-order valence-corrected chi connectivity index (χ0v) is 11.3. The summed E-state index contributed by atoms with van der Waals surface area (Å²) in [6, 6.07) is 10.5. The van der Waals surface area contributed by atoms with Crippen LogP contribution in [0, 0.1) is 11.8 Å². The highest BCUT2D eigenvalue weighted by Crippen LogP contribution is 2.38. The Kier molecular flexibility index (Phi) is 3.05. The highest BCUT2D eigenvalue weighted by atomic mass is 79.9. The van der Waals surface area contributed by atoms with E-state index >= 15 is 0 Å². The van der Waals surface area contributed by atoms with Crippen LogP contribution in [0.2, 0.25) is 0 Å². The van der Waals surface area contributed by atoms with Crippen molar-refractivity contribution in [2.75, 3.05) is 13.1 Å². The van der Waals surface area contributed by atoms with Crippen LogP contribution in [0.15, 0.2) is 30.3 Å². The van der Waals surface area contributed by atoms with Gasteiger partial charge in [-0.25, -0.2) is 0 Å². The van der Waals surface area contributed by atoms with Crippen LogP contribution in [-0.2, 0) is 11.3 Å². The average molecular weight is 294 g/mol. The normalized spacial score (nSPS) is 33.0. The number of benzene rings is 1. The van der Waals surface area contributed by atoms with Crippen LogP contribution in [0.25, 0.3) is 0 Å². The van der Waals surface area contributed by atoms with Crippen LogP contribution in [-0.4, -0.2) is 28.6 Å². The van der Waals surface area contributed by atoms with Crippen LogP contribution < -0.4 is 0 Å². The monoisotopic (exact) mass is 293 g/mol. The van der Waals surface area contributed by atoms with Gasteiger partial charge in [0, 0.05) is 25.6 Å². The number of fused-ring (bicyclic) bond motifs is 2. The van der Waals surface area contributed by atoms with E-state index in [2.05, 4.69) is 45.1 Å². The first-order chi connectivity index (χ1) is 8.24. The number of rotatable bonds is 2. The van der Waals surface area contributed by atoms with Gasteiger partial charge >= 0.3 is 0 Å². The van der Waals surface area contributed by atoms with Crippen molar-refractivity contribution < 1.29 is 4.79 Å². The molecule has 90 valence electrons. The van der Waals surface area contributed by atoms with Crippen molar-refractivity contribution in [2.45, 2.75) is 17.8 Å². The first-order valence-corrected chi connectivity index (χ1v) is 7.09. The lowest BCUT2D eigenvalue weighted by Crippen LogP contribution is -2.37. The topological polar surface area (TPSA) is 20.3 Å². The summed E-state index contributed by atoms with van der Waals surface area (Å²) in [5.74, 6) is 1.21. The Morgan fingerprint density at radius 2 is 2.00 bits per heavy atom. The summed E-state index contributed by atoms with van der Waals surface area (Å²) in [5, 5.41) is 0. The SMILES string of the molecule is O=C1C2CC(CN(Cc3ccccc3)C2)C1Br. The van der Waals surface area contributed by atoms with E-state index in [4.69, 9.17) is 0 Å². The van der Waals surface area contributed by atoms with Gasteiger partial charge in [0.15, 0.2) is 5.78 Å². The van der Waals surface area contributed by atoms with Gasteiger partial charge in [-0.2, -0.15) is 0 Å². The number of likely N-dealkylation sites (tertiary alicyclic amines) is 1. The van der Waals surface area contributed by atoms with Crippen molar-refractivity contribution in [1.82, 2.24) is 4.90 Å². The fraction of sp³-hybridized carbons (Fsp3) is 0.500. The Morgan fingerprint density at radius 1 is 1.24 bits per heavy atom. The number of ketones is 1. The highest BCUT2D eigenvalue weighted by molar-refractivity contribution is 9.10. The average Bonchev–Trinajstić information content (AvgIpc) is 2.55. The molecule has 3 atom stereocenters. The van der Waals surface area contributed by atoms with E-state index in [-0.39, 0.29) is 10.7 Å². The summed E-state index contributed by atoms with van der Waals surface area (Å²) in [5.41, 5.74) is 1.34. The van der Waals surface area contributed by atoms with Crippen LogP contribution >= 0.6 is 15.9 Å². The second-order valence-corrected chi connectivity index (χ2v) is 6.16. The number of nitrogens with zero attached hydrogens (tertiary/aromatic N) is 1. The predicted octanol–water partition coefficient (Wildman–Crippen LogP) is 2.47. The van der Waals surface area contributed by atoms with E-state index < -0.39 is 0 Å². The van der Waals surface area contributed by atoms with Crippen LogP contribution in [0.4, 0.5) is 0 Å². The van der Waals surface area contributed by atoms with Gasteiger partial charge in [-0.1, -0.05) is 46.3 Å². The van der Waals surface area contributed by atoms with E-state index in [1.807, 2.05) is 6.07 Å². The maximum Gasteiger partial charge on any atom is 0.151 e. The number of carbonyl (C=O) groups is 1. The molecule has 0 spiro atoms. The molecule has 1 aliphatic carbocycles. The first-order valence-electron chi connectivity index (χ1n) is 6.18. The van der Waals surface area contributed by atoms with Crippen molar-refractivity contribution in [3.8, 4) is 0 Å². The molecule has 0 radical (unpaired) electrons. The quantitative estimate of drug-likeness (QED) is 0.781. The maximum atomic E-state index is 11.9. The second kappa shape index (κ2) is 4.54. The summed E-state index contributed by atoms with van der Waals surface area (Å²) in [7, 11) is 0. The number of carbonyl (C=O) groups excluding carboxylic acids is 1. The molecule has 2 fully saturated rings. The Bertz CT molecular complexity index is 419. The molecule has 1 aromatic carbocycles. The zero-order chi connectivity index (χ0) is 11.8. The van der Waals surface area contributed by atoms with Crippen LogP contribution in [0.3, 0.4) is 0 Å². The first kappa shape index (κ1) is 11.4. The molecule has 0 aromatic heterocycles. The third kappa shape index (κ3) is 2.18. The summed E-state index contributed by atoms with van der Waals surface area (Å²) >= 11 is 3.55. The Morgan fingerprint density at radius 3 is 2.71 bits per heavy atom. The summed E-state index contributed by atoms with van der Waals surface area (Å²) in [6.45, 7) is 2.96. The number of piperidine rings is 1. The zero-order valence-electron chi connectivity index (χ0n) is 9.68. The standard InChI is InChI=1S/C14H16BrNO/c15-13-11-6-12(14(13)17)9-16(8-11)7-10-4-2-1-3-5-10/h1-5,11-13H,6-9H2. The van der Waals surface area contributed by atoms with Gasteiger partial charge in [-0.05, 0) is 17.9 Å². The van der Waals surface area contributed by atoms with Gasteiger partial charge in [0.05, 0.1) is 4.83 Å². The van der Waals surface area contributed by atoms with E-state index in [0.717, 1.165) is 26.1 Å². The highest BCUT2D eigenvalue weighted by Gasteiger charge is 2.45. The molecule has 1 aromatic rings. The summed E-state index contributed by atoms with van der Waals surface area (Å²) in [4.78, 5) is 14.4. The van der Waals surface area contributed by atoms with E-state index in [1.54, 1.807) is 0 Å². The summed E-state index contributed by atoms with van der Waals surface area (Å²) in [6.07, 6.45) is 1.08. The molecular weight excluding hydrogens is 278 g/mol. The lowest BCUT2D eigenvalue weighted by Gasteiger charge is -2.31. The molecular formula is C14H16BrNO. The smallest absolute Gasteiger partial charge is 0.151 e. The minimum atomic E-state index is 0.105. The van der Waals surface area contributed by atoms with Crippen LogP contribution in [0.5, 0.6) is 0 Å². The molecule has 1 saturated carbocycles. The third-order valence-corrected chi connectivity index (χ3v) is 5.09. The maximum absolute atomic E-state index is 11.9. The largest absolute Gasteiger partial charge is 0.298 e. The molecule has 3 rings (SSSR count). The molecule has 3 heteroatoms. The fourth-order valence-corrected chi connectivity index (χ4v) is 3.84. The van der Waals surface area contributed by atoms with Gasteiger partial charge in [0.1, 0.15) is 0 Å². The molecule has 3 unspecified atom stereocenters.